The molecule has 3 aromatic rings. The molecule has 0 aliphatic carbocycles. The molecule has 1 unspecified atom stereocenters. The highest BCUT2D eigenvalue weighted by molar-refractivity contribution is 5.93. The van der Waals surface area contributed by atoms with Crippen LogP contribution in [0.5, 0.6) is 0 Å². The number of aliphatic hydroxyl groups excluding tert-OH is 1. The van der Waals surface area contributed by atoms with E-state index in [4.69, 9.17) is 20.2 Å². The van der Waals surface area contributed by atoms with Gasteiger partial charge in [0.1, 0.15) is 11.3 Å². The summed E-state index contributed by atoms with van der Waals surface area (Å²) in [6, 6.07) is 10.1. The number of hydrogen-bond donors (Lipinski definition) is 2. The second-order valence-corrected chi connectivity index (χ2v) is 9.85. The van der Waals surface area contributed by atoms with Gasteiger partial charge in [0.15, 0.2) is 0 Å². The third kappa shape index (κ3) is 5.96. The molecule has 1 aliphatic heterocycles. The van der Waals surface area contributed by atoms with Crippen molar-refractivity contribution in [2.45, 2.75) is 38.5 Å². The number of likely N-dealkylation sites (tertiary alicyclic amines) is 1. The molecule has 1 fully saturated rings. The minimum atomic E-state index is -0.606. The van der Waals surface area contributed by atoms with Gasteiger partial charge in [0.25, 0.3) is 5.91 Å². The second-order valence-electron chi connectivity index (χ2n) is 9.85. The fourth-order valence-electron chi connectivity index (χ4n) is 5.01. The van der Waals surface area contributed by atoms with Crippen molar-refractivity contribution in [1.29, 1.82) is 0 Å². The fourth-order valence-corrected chi connectivity index (χ4v) is 5.01. The van der Waals surface area contributed by atoms with Gasteiger partial charge in [-0.05, 0) is 42.9 Å². The summed E-state index contributed by atoms with van der Waals surface area (Å²) in [4.78, 5) is 22.0. The molecule has 1 aliphatic rings. The van der Waals surface area contributed by atoms with E-state index in [-0.39, 0.29) is 24.5 Å². The fraction of sp³-hybridized carbons (Fsp3) is 0.500. The first-order valence-electron chi connectivity index (χ1n) is 12.9. The Hall–Kier alpha value is -2.98. The van der Waals surface area contributed by atoms with Gasteiger partial charge in [-0.3, -0.25) is 4.79 Å². The number of amides is 1. The van der Waals surface area contributed by atoms with Crippen LogP contribution in [0.1, 0.15) is 46.6 Å². The van der Waals surface area contributed by atoms with Crippen molar-refractivity contribution in [3.8, 4) is 0 Å². The van der Waals surface area contributed by atoms with E-state index in [0.29, 0.717) is 31.0 Å². The molecule has 9 nitrogen and oxygen atoms in total. The Morgan fingerprint density at radius 2 is 2.03 bits per heavy atom. The molecule has 4 rings (SSSR count). The van der Waals surface area contributed by atoms with Crippen molar-refractivity contribution < 1.29 is 19.4 Å². The number of aromatic nitrogens is 2. The lowest BCUT2D eigenvalue weighted by Crippen LogP contribution is -2.47. The van der Waals surface area contributed by atoms with Gasteiger partial charge < -0.3 is 34.5 Å². The number of anilines is 1. The largest absolute Gasteiger partial charge is 0.391 e. The molecule has 2 aromatic heterocycles. The molecular weight excluding hydrogens is 470 g/mol. The van der Waals surface area contributed by atoms with Crippen molar-refractivity contribution >= 4 is 17.2 Å². The number of methoxy groups -OCH3 is 2. The van der Waals surface area contributed by atoms with Crippen LogP contribution in [0.4, 0.5) is 5.69 Å². The number of fused-ring (bicyclic) bond motifs is 1. The topological polar surface area (TPSA) is 106 Å². The van der Waals surface area contributed by atoms with Crippen LogP contribution in [0.15, 0.2) is 42.7 Å². The number of hydrogen-bond acceptors (Lipinski definition) is 7. The Bertz CT molecular complexity index is 1210. The van der Waals surface area contributed by atoms with Crippen LogP contribution in [-0.2, 0) is 22.4 Å². The van der Waals surface area contributed by atoms with Gasteiger partial charge in [0.05, 0.1) is 24.5 Å². The Morgan fingerprint density at radius 3 is 2.70 bits per heavy atom. The van der Waals surface area contributed by atoms with E-state index < -0.39 is 6.10 Å². The maximum atomic E-state index is 13.5. The molecule has 3 heterocycles. The van der Waals surface area contributed by atoms with E-state index in [2.05, 4.69) is 17.0 Å². The van der Waals surface area contributed by atoms with Gasteiger partial charge in [0.2, 0.25) is 0 Å². The van der Waals surface area contributed by atoms with Gasteiger partial charge in [0, 0.05) is 65.4 Å². The molecule has 9 heteroatoms. The van der Waals surface area contributed by atoms with Gasteiger partial charge in [-0.2, -0.15) is 0 Å². The number of carbonyl (C=O) groups excluding carboxylic acids is 1. The number of nitrogens with two attached hydrogens (primary N) is 1. The summed E-state index contributed by atoms with van der Waals surface area (Å²) in [5, 5.41) is 10.9. The predicted octanol–water partition coefficient (Wildman–Crippen LogP) is 2.65. The van der Waals surface area contributed by atoms with Crippen LogP contribution < -0.4 is 10.6 Å². The molecule has 3 atom stereocenters. The number of benzene rings is 1. The number of β-amino-alcohol motifs (C(OH)–C–C–N with tert-alkyl or cyclic N) is 1. The standard InChI is InChI=1S/C28H39N5O4/c1-19(37-4)24-14-23(31(2)11-12-36-3)16-33-17-25(30-27(24)33)28(35)32-10-9-21(26(34)18-32)13-20-7-5-6-8-22(20)15-29/h5-8,14,16-17,19,21,26,34H,9-13,15,18,29H2,1-4H3/t19-,21?,26-/m1/s1. The van der Waals surface area contributed by atoms with Crippen LogP contribution in [0.25, 0.3) is 5.65 Å². The van der Waals surface area contributed by atoms with Crippen LogP contribution >= 0.6 is 0 Å². The molecule has 0 spiro atoms. The molecule has 0 radical (unpaired) electrons. The maximum Gasteiger partial charge on any atom is 0.274 e. The molecule has 3 N–H and O–H groups in total. The average Bonchev–Trinajstić information content (AvgIpc) is 3.36. The lowest BCUT2D eigenvalue weighted by molar-refractivity contribution is 0.0194. The lowest BCUT2D eigenvalue weighted by atomic mass is 9.86. The van der Waals surface area contributed by atoms with Crippen molar-refractivity contribution in [3.05, 3.63) is 65.1 Å². The second kappa shape index (κ2) is 12.0. The van der Waals surface area contributed by atoms with Gasteiger partial charge >= 0.3 is 0 Å². The smallest absolute Gasteiger partial charge is 0.274 e. The van der Waals surface area contributed by atoms with E-state index in [0.717, 1.165) is 36.2 Å². The predicted molar refractivity (Wildman–Crippen MR) is 144 cm³/mol. The zero-order chi connectivity index (χ0) is 26.5. The van der Waals surface area contributed by atoms with Gasteiger partial charge in [-0.15, -0.1) is 0 Å². The summed E-state index contributed by atoms with van der Waals surface area (Å²) < 4.78 is 12.7. The first kappa shape index (κ1) is 27.1. The minimum Gasteiger partial charge on any atom is -0.391 e. The van der Waals surface area contributed by atoms with Crippen molar-refractivity contribution in [1.82, 2.24) is 14.3 Å². The molecular formula is C28H39N5O4. The summed E-state index contributed by atoms with van der Waals surface area (Å²) in [7, 11) is 5.35. The number of piperidine rings is 1. The minimum absolute atomic E-state index is 0.0807. The summed E-state index contributed by atoms with van der Waals surface area (Å²) in [6.45, 7) is 4.64. The third-order valence-electron chi connectivity index (χ3n) is 7.48. The highest BCUT2D eigenvalue weighted by Crippen LogP contribution is 2.28. The molecule has 37 heavy (non-hydrogen) atoms. The van der Waals surface area contributed by atoms with E-state index in [1.165, 1.54) is 5.56 Å². The highest BCUT2D eigenvalue weighted by Gasteiger charge is 2.32. The number of nitrogens with zero attached hydrogens (tertiary/aromatic N) is 4. The number of pyridine rings is 1. The Balaban J connectivity index is 1.53. The number of aliphatic hydroxyl groups is 1. The number of imidazole rings is 1. The summed E-state index contributed by atoms with van der Waals surface area (Å²) in [6.07, 6.45) is 4.41. The van der Waals surface area contributed by atoms with Crippen molar-refractivity contribution in [2.24, 2.45) is 11.7 Å². The molecule has 0 saturated carbocycles. The van der Waals surface area contributed by atoms with Gasteiger partial charge in [-0.1, -0.05) is 24.3 Å². The van der Waals surface area contributed by atoms with Crippen LogP contribution in [0.2, 0.25) is 0 Å². The van der Waals surface area contributed by atoms with Crippen LogP contribution in [0, 0.1) is 5.92 Å². The monoisotopic (exact) mass is 509 g/mol. The Labute approximate surface area is 218 Å². The Kier molecular flexibility index (Phi) is 8.81. The first-order chi connectivity index (χ1) is 17.9. The zero-order valence-corrected chi connectivity index (χ0v) is 22.3. The maximum absolute atomic E-state index is 13.5. The SMILES string of the molecule is COCCN(C)c1cc([C@@H](C)OC)c2nc(C(=O)N3CCC(Cc4ccccc4CN)[C@H](O)C3)cn2c1. The molecule has 1 amide bonds. The lowest BCUT2D eigenvalue weighted by Gasteiger charge is -2.36. The van der Waals surface area contributed by atoms with E-state index in [1.54, 1.807) is 25.3 Å². The highest BCUT2D eigenvalue weighted by atomic mass is 16.5. The quantitative estimate of drug-likeness (QED) is 0.433. The third-order valence-corrected chi connectivity index (χ3v) is 7.48. The molecule has 0 bridgehead atoms. The number of carbonyl (C=O) groups is 1. The van der Waals surface area contributed by atoms with E-state index in [1.807, 2.05) is 42.8 Å². The number of likely N-dealkylation sites (N-methyl/N-ethyl adjacent to an activating group) is 1. The van der Waals surface area contributed by atoms with Crippen LogP contribution in [-0.4, -0.2) is 78.9 Å². The summed E-state index contributed by atoms with van der Waals surface area (Å²) in [5.41, 5.74) is 11.1. The average molecular weight is 510 g/mol. The van der Waals surface area contributed by atoms with Gasteiger partial charge in [-0.25, -0.2) is 4.98 Å². The van der Waals surface area contributed by atoms with Crippen LogP contribution in [0.3, 0.4) is 0 Å². The molecule has 1 saturated heterocycles. The summed E-state index contributed by atoms with van der Waals surface area (Å²) in [5.74, 6) is -0.0916. The van der Waals surface area contributed by atoms with Crippen molar-refractivity contribution in [3.63, 3.8) is 0 Å². The molecule has 1 aromatic carbocycles. The van der Waals surface area contributed by atoms with E-state index in [9.17, 15) is 9.90 Å². The first-order valence-corrected chi connectivity index (χ1v) is 12.9. The summed E-state index contributed by atoms with van der Waals surface area (Å²) >= 11 is 0. The van der Waals surface area contributed by atoms with E-state index >= 15 is 0 Å². The zero-order valence-electron chi connectivity index (χ0n) is 22.3. The Morgan fingerprint density at radius 1 is 1.27 bits per heavy atom. The normalized spacial score (nSPS) is 18.8. The number of ether oxygens (including phenoxy) is 2. The molecule has 200 valence electrons. The van der Waals surface area contributed by atoms with Crippen molar-refractivity contribution in [2.75, 3.05) is 52.4 Å². The number of rotatable bonds is 10.